The molecule has 0 saturated heterocycles. The average Bonchev–Trinajstić information content (AvgIpc) is 4.21. The highest BCUT2D eigenvalue weighted by Gasteiger charge is 2.23. The summed E-state index contributed by atoms with van der Waals surface area (Å²) >= 11 is 0. The molecule has 0 spiro atoms. The molecule has 0 N–H and O–H groups in total. The van der Waals surface area contributed by atoms with Gasteiger partial charge in [-0.05, 0) is 146 Å². The Bertz CT molecular complexity index is 4320. The largest absolute Gasteiger partial charge is 0.458 e. The fraction of sp³-hybridized carbons (Fsp3) is 0.0270. The van der Waals surface area contributed by atoms with Crippen molar-refractivity contribution in [2.24, 2.45) is 0 Å². The molecule has 3 aromatic heterocycles. The number of hydrogen-bond donors (Lipinski definition) is 0. The summed E-state index contributed by atoms with van der Waals surface area (Å²) in [6.07, 6.45) is 5.83. The molecule has 0 amide bonds. The van der Waals surface area contributed by atoms with E-state index in [2.05, 4.69) is 306 Å². The van der Waals surface area contributed by atoms with E-state index in [0.29, 0.717) is 5.75 Å². The van der Waals surface area contributed by atoms with Gasteiger partial charge < -0.3 is 9.64 Å². The van der Waals surface area contributed by atoms with Crippen molar-refractivity contribution in [2.45, 2.75) is 0 Å². The molecule has 6 nitrogen and oxygen atoms in total. The van der Waals surface area contributed by atoms with Gasteiger partial charge in [0.1, 0.15) is 17.3 Å². The van der Waals surface area contributed by atoms with E-state index in [9.17, 15) is 0 Å². The van der Waals surface area contributed by atoms with Crippen LogP contribution in [0.15, 0.2) is 285 Å². The first-order valence-electron chi connectivity index (χ1n) is 27.0. The number of benzene rings is 11. The third-order valence-corrected chi connectivity index (χ3v) is 15.2. The minimum Gasteiger partial charge on any atom is -0.458 e. The lowest BCUT2D eigenvalue weighted by atomic mass is 9.89. The van der Waals surface area contributed by atoms with Crippen LogP contribution in [0.3, 0.4) is 0 Å². The fourth-order valence-corrected chi connectivity index (χ4v) is 11.3. The predicted octanol–water partition coefficient (Wildman–Crippen LogP) is 18.1. The van der Waals surface area contributed by atoms with Crippen LogP contribution in [0.2, 0.25) is 0 Å². The number of nitrogens with zero attached hydrogens (tertiary/aromatic N) is 5. The van der Waals surface area contributed by atoms with Crippen LogP contribution in [0, 0.1) is 6.33 Å². The number of imidazole rings is 1. The van der Waals surface area contributed by atoms with Crippen molar-refractivity contribution in [3.05, 3.63) is 292 Å². The molecule has 0 bridgehead atoms. The van der Waals surface area contributed by atoms with Gasteiger partial charge in [-0.25, -0.2) is 4.98 Å². The zero-order valence-corrected chi connectivity index (χ0v) is 44.3. The maximum Gasteiger partial charge on any atom is 0.269 e. The molecule has 0 unspecified atom stereocenters. The van der Waals surface area contributed by atoms with Crippen molar-refractivity contribution in [3.8, 4) is 95.5 Å². The quantitative estimate of drug-likeness (QED) is 0.0904. The molecule has 80 heavy (non-hydrogen) atoms. The maximum absolute atomic E-state index is 6.87. The Balaban J connectivity index is 0.954. The van der Waals surface area contributed by atoms with Gasteiger partial charge in [0.05, 0.1) is 33.4 Å². The smallest absolute Gasteiger partial charge is 0.269 e. The van der Waals surface area contributed by atoms with Gasteiger partial charge in [0.2, 0.25) is 0 Å². The Hall–Kier alpha value is -10.6. The van der Waals surface area contributed by atoms with E-state index in [1.165, 1.54) is 0 Å². The maximum atomic E-state index is 6.87. The monoisotopic (exact) mass is 1030 g/mol. The van der Waals surface area contributed by atoms with Crippen molar-refractivity contribution in [2.75, 3.05) is 19.0 Å². The topological polar surface area (TPSA) is 39.1 Å². The van der Waals surface area contributed by atoms with Gasteiger partial charge in [0, 0.05) is 48.9 Å². The molecule has 0 aliphatic carbocycles. The van der Waals surface area contributed by atoms with Crippen LogP contribution < -0.4 is 14.2 Å². The lowest BCUT2D eigenvalue weighted by Gasteiger charge is -2.20. The van der Waals surface area contributed by atoms with E-state index >= 15 is 0 Å². The predicted molar refractivity (Wildman–Crippen MR) is 329 cm³/mol. The molecule has 380 valence electrons. The van der Waals surface area contributed by atoms with Gasteiger partial charge in [0.25, 0.3) is 6.33 Å². The minimum atomic E-state index is 0.702. The van der Waals surface area contributed by atoms with Crippen LogP contribution in [0.25, 0.3) is 117 Å². The SMILES string of the molecule is CN(C)c1ccnc(-n2c3ccccc3c3ccc(Oc4cccc(-n5[c-][n+](-c6c(-c7cc(-c8ccccc8)cc(-c8ccccc8)c7)cccc6-c6cc(-c7ccccc7)cc(-c7ccccc7)c6)c6ccccc65)c4)cc32)c1. The normalized spacial score (nSPS) is 11.4. The number of pyridine rings is 1. The molecule has 11 aromatic carbocycles. The summed E-state index contributed by atoms with van der Waals surface area (Å²) in [4.78, 5) is 6.97. The molecule has 0 saturated carbocycles. The van der Waals surface area contributed by atoms with Crippen molar-refractivity contribution >= 4 is 38.5 Å². The number of hydrogen-bond acceptors (Lipinski definition) is 3. The Kier molecular flexibility index (Phi) is 12.2. The third-order valence-electron chi connectivity index (χ3n) is 15.2. The molecular weight excluding hydrogens is 975 g/mol. The van der Waals surface area contributed by atoms with Crippen LogP contribution in [0.5, 0.6) is 11.5 Å². The number of ether oxygens (including phenoxy) is 1. The molecule has 0 aliphatic heterocycles. The van der Waals surface area contributed by atoms with Crippen LogP contribution in [-0.4, -0.2) is 28.2 Å². The summed E-state index contributed by atoms with van der Waals surface area (Å²) < 4.78 is 13.5. The summed E-state index contributed by atoms with van der Waals surface area (Å²) in [5.41, 5.74) is 20.6. The average molecular weight is 1030 g/mol. The van der Waals surface area contributed by atoms with Gasteiger partial charge in [-0.15, -0.1) is 0 Å². The highest BCUT2D eigenvalue weighted by Crippen LogP contribution is 2.42. The van der Waals surface area contributed by atoms with E-state index in [1.54, 1.807) is 0 Å². The lowest BCUT2D eigenvalue weighted by molar-refractivity contribution is -0.571. The first kappa shape index (κ1) is 47.9. The number of anilines is 1. The molecule has 0 atom stereocenters. The second-order valence-electron chi connectivity index (χ2n) is 20.4. The molecule has 14 aromatic rings. The van der Waals surface area contributed by atoms with E-state index in [4.69, 9.17) is 9.72 Å². The minimum absolute atomic E-state index is 0.702. The number of rotatable bonds is 12. The zero-order chi connectivity index (χ0) is 53.5. The standard InChI is InChI=1S/C74H53N5O/c1-76(2)61-39-40-75-73(48-61)79-69-34-16-15-31-67(69)68-38-37-64(49-72(68)79)80-63-30-19-29-62(47-63)77-50-78(71-36-18-17-35-70(71)77)74-65(59-43-55(51-21-7-3-8-22-51)41-56(44-59)52-23-9-4-10-24-52)32-20-33-66(74)60-45-57(53-25-11-5-12-26-53)42-58(46-60)54-27-13-6-14-28-54/h3-49H,1-2H3. The molecule has 14 rings (SSSR count). The van der Waals surface area contributed by atoms with Gasteiger partial charge in [0.15, 0.2) is 0 Å². The summed E-state index contributed by atoms with van der Waals surface area (Å²) in [5, 5.41) is 2.28. The zero-order valence-electron chi connectivity index (χ0n) is 44.3. The molecular formula is C74H53N5O. The van der Waals surface area contributed by atoms with Gasteiger partial charge in [-0.3, -0.25) is 13.7 Å². The summed E-state index contributed by atoms with van der Waals surface area (Å²) in [6, 6.07) is 99.4. The van der Waals surface area contributed by atoms with Crippen LogP contribution in [0.4, 0.5) is 5.69 Å². The number of fused-ring (bicyclic) bond motifs is 4. The van der Waals surface area contributed by atoms with Crippen LogP contribution in [0.1, 0.15) is 0 Å². The summed E-state index contributed by atoms with van der Waals surface area (Å²) in [5.74, 6) is 2.27. The number of para-hydroxylation sites is 4. The first-order valence-corrected chi connectivity index (χ1v) is 27.0. The van der Waals surface area contributed by atoms with Gasteiger partial charge in [-0.2, -0.15) is 0 Å². The Morgan fingerprint density at radius 1 is 0.388 bits per heavy atom. The van der Waals surface area contributed by atoms with E-state index in [-0.39, 0.29) is 0 Å². The highest BCUT2D eigenvalue weighted by atomic mass is 16.5. The van der Waals surface area contributed by atoms with Gasteiger partial charge in [-0.1, -0.05) is 188 Å². The Morgan fingerprint density at radius 2 is 0.875 bits per heavy atom. The Labute approximate surface area is 465 Å². The fourth-order valence-electron chi connectivity index (χ4n) is 11.3. The summed E-state index contributed by atoms with van der Waals surface area (Å²) in [7, 11) is 4.10. The first-order chi connectivity index (χ1) is 39.5. The van der Waals surface area contributed by atoms with Crippen molar-refractivity contribution in [1.82, 2.24) is 14.1 Å². The molecule has 3 heterocycles. The summed E-state index contributed by atoms with van der Waals surface area (Å²) in [6.45, 7) is 0. The molecule has 6 heteroatoms. The van der Waals surface area contributed by atoms with Crippen LogP contribution in [-0.2, 0) is 0 Å². The second-order valence-corrected chi connectivity index (χ2v) is 20.4. The second kappa shape index (κ2) is 20.4. The molecule has 0 radical (unpaired) electrons. The van der Waals surface area contributed by atoms with Crippen molar-refractivity contribution in [3.63, 3.8) is 0 Å². The molecule has 0 aliphatic rings. The Morgan fingerprint density at radius 3 is 1.45 bits per heavy atom. The van der Waals surface area contributed by atoms with Crippen LogP contribution >= 0.6 is 0 Å². The van der Waals surface area contributed by atoms with E-state index < -0.39 is 0 Å². The highest BCUT2D eigenvalue weighted by molar-refractivity contribution is 6.09. The molecule has 0 fully saturated rings. The van der Waals surface area contributed by atoms with Gasteiger partial charge >= 0.3 is 0 Å². The van der Waals surface area contributed by atoms with E-state index in [1.807, 2.05) is 18.3 Å². The lowest BCUT2D eigenvalue weighted by Crippen LogP contribution is -2.31. The number of aromatic nitrogens is 4. The van der Waals surface area contributed by atoms with Crippen molar-refractivity contribution < 1.29 is 9.30 Å². The third kappa shape index (κ3) is 8.94. The van der Waals surface area contributed by atoms with E-state index in [0.717, 1.165) is 128 Å². The van der Waals surface area contributed by atoms with Crippen molar-refractivity contribution in [1.29, 1.82) is 0 Å².